The van der Waals surface area contributed by atoms with Crippen LogP contribution in [0.1, 0.15) is 38.5 Å². The normalized spacial score (nSPS) is 16.7. The fourth-order valence-electron chi connectivity index (χ4n) is 2.88. The van der Waals surface area contributed by atoms with E-state index in [-0.39, 0.29) is 5.91 Å². The molecule has 0 saturated heterocycles. The molecule has 0 spiro atoms. The lowest BCUT2D eigenvalue weighted by atomic mass is 10.1. The summed E-state index contributed by atoms with van der Waals surface area (Å²) in [5, 5.41) is 3.41. The second kappa shape index (κ2) is 7.66. The summed E-state index contributed by atoms with van der Waals surface area (Å²) in [6.07, 6.45) is 7.52. The van der Waals surface area contributed by atoms with Crippen molar-refractivity contribution >= 4 is 28.9 Å². The van der Waals surface area contributed by atoms with Crippen LogP contribution in [0.15, 0.2) is 18.2 Å². The quantitative estimate of drug-likeness (QED) is 0.661. The number of carbonyl (C=O) groups is 1. The summed E-state index contributed by atoms with van der Waals surface area (Å²) in [4.78, 5) is 14.3. The number of hydrogen-bond acceptors (Lipinski definition) is 3. The summed E-state index contributed by atoms with van der Waals surface area (Å²) in [5.74, 6) is -0.0456. The molecule has 0 heterocycles. The molecule has 5 heteroatoms. The van der Waals surface area contributed by atoms with E-state index in [0.717, 1.165) is 0 Å². The van der Waals surface area contributed by atoms with E-state index >= 15 is 0 Å². The van der Waals surface area contributed by atoms with Gasteiger partial charge in [-0.15, -0.1) is 0 Å². The zero-order valence-corrected chi connectivity index (χ0v) is 13.3. The fourth-order valence-corrected chi connectivity index (χ4v) is 3.05. The van der Waals surface area contributed by atoms with Crippen molar-refractivity contribution in [2.45, 2.75) is 44.6 Å². The second-order valence-electron chi connectivity index (χ2n) is 5.84. The number of amides is 1. The molecular weight excluding hydrogens is 286 g/mol. The average Bonchev–Trinajstić information content (AvgIpc) is 2.72. The van der Waals surface area contributed by atoms with Gasteiger partial charge in [0, 0.05) is 11.1 Å². The van der Waals surface area contributed by atoms with Crippen molar-refractivity contribution < 1.29 is 4.79 Å². The minimum absolute atomic E-state index is 0.0456. The lowest BCUT2D eigenvalue weighted by Gasteiger charge is -2.26. The Morgan fingerprint density at radius 1 is 1.33 bits per heavy atom. The summed E-state index contributed by atoms with van der Waals surface area (Å²) < 4.78 is 0. The predicted octanol–water partition coefficient (Wildman–Crippen LogP) is 3.52. The van der Waals surface area contributed by atoms with Crippen LogP contribution in [0.25, 0.3) is 0 Å². The molecule has 4 nitrogen and oxygen atoms in total. The Balaban J connectivity index is 1.89. The van der Waals surface area contributed by atoms with Gasteiger partial charge in [-0.05, 0) is 38.1 Å². The van der Waals surface area contributed by atoms with Crippen LogP contribution in [0.4, 0.5) is 11.4 Å². The van der Waals surface area contributed by atoms with Gasteiger partial charge < -0.3 is 11.1 Å². The third kappa shape index (κ3) is 4.90. The predicted molar refractivity (Wildman–Crippen MR) is 88.6 cm³/mol. The third-order valence-corrected chi connectivity index (χ3v) is 4.37. The molecule has 0 aliphatic heterocycles. The van der Waals surface area contributed by atoms with E-state index in [4.69, 9.17) is 17.3 Å². The van der Waals surface area contributed by atoms with Crippen LogP contribution in [-0.2, 0) is 4.79 Å². The topological polar surface area (TPSA) is 58.4 Å². The van der Waals surface area contributed by atoms with Crippen molar-refractivity contribution in [1.82, 2.24) is 4.90 Å². The first-order valence-electron chi connectivity index (χ1n) is 7.61. The molecule has 21 heavy (non-hydrogen) atoms. The molecule has 0 unspecified atom stereocenters. The Kier molecular flexibility index (Phi) is 5.88. The number of likely N-dealkylation sites (N-methyl/N-ethyl adjacent to an activating group) is 1. The van der Waals surface area contributed by atoms with Crippen molar-refractivity contribution in [3.63, 3.8) is 0 Å². The molecule has 0 atom stereocenters. The molecule has 0 bridgehead atoms. The first-order chi connectivity index (χ1) is 10.1. The lowest BCUT2D eigenvalue weighted by molar-refractivity contribution is -0.117. The number of nitrogens with two attached hydrogens (primary N) is 1. The first-order valence-corrected chi connectivity index (χ1v) is 7.99. The molecule has 1 aromatic carbocycles. The van der Waals surface area contributed by atoms with Crippen LogP contribution in [-0.4, -0.2) is 30.4 Å². The zero-order valence-electron chi connectivity index (χ0n) is 12.6. The van der Waals surface area contributed by atoms with Crippen molar-refractivity contribution in [3.8, 4) is 0 Å². The number of hydrogen-bond donors (Lipinski definition) is 2. The van der Waals surface area contributed by atoms with Gasteiger partial charge in [0.25, 0.3) is 0 Å². The fraction of sp³-hybridized carbons (Fsp3) is 0.562. The van der Waals surface area contributed by atoms with E-state index in [1.807, 2.05) is 7.05 Å². The van der Waals surface area contributed by atoms with Gasteiger partial charge in [0.2, 0.25) is 5.91 Å². The smallest absolute Gasteiger partial charge is 0.238 e. The van der Waals surface area contributed by atoms with Gasteiger partial charge >= 0.3 is 0 Å². The highest BCUT2D eigenvalue weighted by Gasteiger charge is 2.19. The van der Waals surface area contributed by atoms with E-state index < -0.39 is 0 Å². The monoisotopic (exact) mass is 309 g/mol. The third-order valence-electron chi connectivity index (χ3n) is 4.13. The van der Waals surface area contributed by atoms with E-state index in [9.17, 15) is 4.79 Å². The summed E-state index contributed by atoms with van der Waals surface area (Å²) in [7, 11) is 2.02. The maximum absolute atomic E-state index is 12.2. The van der Waals surface area contributed by atoms with Crippen molar-refractivity contribution in [3.05, 3.63) is 23.2 Å². The Hall–Kier alpha value is -1.26. The van der Waals surface area contributed by atoms with Crippen molar-refractivity contribution in [2.24, 2.45) is 0 Å². The van der Waals surface area contributed by atoms with Crippen LogP contribution in [0, 0.1) is 0 Å². The molecule has 0 aromatic heterocycles. The van der Waals surface area contributed by atoms with Gasteiger partial charge in [0.15, 0.2) is 0 Å². The van der Waals surface area contributed by atoms with Crippen molar-refractivity contribution in [2.75, 3.05) is 24.6 Å². The Morgan fingerprint density at radius 3 is 2.67 bits per heavy atom. The summed E-state index contributed by atoms with van der Waals surface area (Å²) in [6.45, 7) is 0.386. The molecule has 2 rings (SSSR count). The van der Waals surface area contributed by atoms with Crippen LogP contribution in [0.3, 0.4) is 0 Å². The lowest BCUT2D eigenvalue weighted by Crippen LogP contribution is -2.37. The maximum Gasteiger partial charge on any atom is 0.238 e. The highest BCUT2D eigenvalue weighted by atomic mass is 35.5. The second-order valence-corrected chi connectivity index (χ2v) is 6.28. The number of carbonyl (C=O) groups excluding carboxylic acids is 1. The Labute approximate surface area is 131 Å². The van der Waals surface area contributed by atoms with Crippen LogP contribution >= 0.6 is 11.6 Å². The molecule has 3 N–H and O–H groups in total. The highest BCUT2D eigenvalue weighted by Crippen LogP contribution is 2.23. The number of nitrogen functional groups attached to an aromatic ring is 1. The molecular formula is C16H24ClN3O. The van der Waals surface area contributed by atoms with Crippen LogP contribution in [0.5, 0.6) is 0 Å². The zero-order chi connectivity index (χ0) is 15.2. The molecule has 116 valence electrons. The molecule has 1 aromatic rings. The number of halogens is 1. The first kappa shape index (κ1) is 16.1. The molecule has 1 aliphatic rings. The molecule has 1 saturated carbocycles. The molecule has 0 radical (unpaired) electrons. The van der Waals surface area contributed by atoms with E-state index in [2.05, 4.69) is 10.2 Å². The largest absolute Gasteiger partial charge is 0.397 e. The van der Waals surface area contributed by atoms with E-state index in [1.165, 1.54) is 38.5 Å². The van der Waals surface area contributed by atoms with Crippen LogP contribution < -0.4 is 11.1 Å². The Morgan fingerprint density at radius 2 is 2.00 bits per heavy atom. The van der Waals surface area contributed by atoms with Gasteiger partial charge in [0.1, 0.15) is 0 Å². The molecule has 1 amide bonds. The number of nitrogens with zero attached hydrogens (tertiary/aromatic N) is 1. The van der Waals surface area contributed by atoms with E-state index in [0.29, 0.717) is 29.0 Å². The summed E-state index contributed by atoms with van der Waals surface area (Å²) in [5.41, 5.74) is 6.96. The van der Waals surface area contributed by atoms with Gasteiger partial charge in [-0.3, -0.25) is 9.69 Å². The number of nitrogens with one attached hydrogen (secondary N) is 1. The van der Waals surface area contributed by atoms with Crippen LogP contribution in [0.2, 0.25) is 5.02 Å². The highest BCUT2D eigenvalue weighted by molar-refractivity contribution is 6.31. The van der Waals surface area contributed by atoms with Gasteiger partial charge in [-0.1, -0.05) is 37.3 Å². The standard InChI is InChI=1S/C16H24ClN3O/c1-20(13-6-4-2-3-5-7-13)11-16(21)19-15-10-12(17)8-9-14(15)18/h8-10,13H,2-7,11,18H2,1H3,(H,19,21). The summed E-state index contributed by atoms with van der Waals surface area (Å²) >= 11 is 5.93. The molecule has 1 aliphatic carbocycles. The van der Waals surface area contributed by atoms with Gasteiger partial charge in [-0.2, -0.15) is 0 Å². The van der Waals surface area contributed by atoms with Gasteiger partial charge in [0.05, 0.1) is 17.9 Å². The number of benzene rings is 1. The summed E-state index contributed by atoms with van der Waals surface area (Å²) in [6, 6.07) is 5.60. The maximum atomic E-state index is 12.2. The average molecular weight is 310 g/mol. The SMILES string of the molecule is CN(CC(=O)Nc1cc(Cl)ccc1N)C1CCCCCC1. The van der Waals surface area contributed by atoms with Gasteiger partial charge in [-0.25, -0.2) is 0 Å². The Bertz CT molecular complexity index is 484. The minimum Gasteiger partial charge on any atom is -0.397 e. The van der Waals surface area contributed by atoms with Crippen molar-refractivity contribution in [1.29, 1.82) is 0 Å². The molecule has 1 fully saturated rings. The number of rotatable bonds is 4. The van der Waals surface area contributed by atoms with E-state index in [1.54, 1.807) is 18.2 Å². The minimum atomic E-state index is -0.0456. The number of anilines is 2.